The Kier molecular flexibility index (Phi) is 6.10. The summed E-state index contributed by atoms with van der Waals surface area (Å²) in [4.78, 5) is 14.1. The molecule has 0 bridgehead atoms. The second-order valence-electron chi connectivity index (χ2n) is 6.62. The third kappa shape index (κ3) is 4.35. The molecule has 0 radical (unpaired) electrons. The molecule has 1 atom stereocenters. The van der Waals surface area contributed by atoms with Crippen LogP contribution in [0.3, 0.4) is 0 Å². The lowest BCUT2D eigenvalue weighted by molar-refractivity contribution is -0.117. The van der Waals surface area contributed by atoms with Crippen LogP contribution in [-0.2, 0) is 4.79 Å². The van der Waals surface area contributed by atoms with E-state index >= 15 is 0 Å². The Balaban J connectivity index is 1.65. The number of benzene rings is 2. The first-order chi connectivity index (χ1) is 15.0. The van der Waals surface area contributed by atoms with Crippen molar-refractivity contribution in [2.75, 3.05) is 4.90 Å². The number of thiol groups is 1. The summed E-state index contributed by atoms with van der Waals surface area (Å²) in [6.07, 6.45) is 2.95. The van der Waals surface area contributed by atoms with E-state index in [1.807, 2.05) is 36.4 Å². The second-order valence-corrected chi connectivity index (χ2v) is 7.89. The van der Waals surface area contributed by atoms with Crippen LogP contribution in [0, 0.1) is 11.3 Å². The fourth-order valence-electron chi connectivity index (χ4n) is 3.19. The number of nitriles is 1. The number of nitrogens with zero attached hydrogens (tertiary/aromatic N) is 2. The van der Waals surface area contributed by atoms with Gasteiger partial charge in [0, 0.05) is 16.3 Å². The molecule has 0 saturated carbocycles. The van der Waals surface area contributed by atoms with Crippen molar-refractivity contribution in [3.05, 3.63) is 93.1 Å². The van der Waals surface area contributed by atoms with E-state index in [0.29, 0.717) is 21.6 Å². The molecule has 1 unspecified atom stereocenters. The summed E-state index contributed by atoms with van der Waals surface area (Å²) in [6.45, 7) is 0. The molecule has 154 valence electrons. The lowest BCUT2D eigenvalue weighted by Crippen LogP contribution is -2.51. The van der Waals surface area contributed by atoms with Crippen LogP contribution in [0.2, 0.25) is 10.0 Å². The highest BCUT2D eigenvalue weighted by molar-refractivity contribution is 7.84. The highest BCUT2D eigenvalue weighted by atomic mass is 35.5. The van der Waals surface area contributed by atoms with Crippen LogP contribution in [0.1, 0.15) is 5.76 Å². The number of halogens is 2. The van der Waals surface area contributed by atoms with Crippen LogP contribution in [-0.4, -0.2) is 12.1 Å². The van der Waals surface area contributed by atoms with Gasteiger partial charge in [-0.25, -0.2) is 0 Å². The van der Waals surface area contributed by atoms with E-state index < -0.39 is 12.1 Å². The Bertz CT molecular complexity index is 1250. The molecule has 5 nitrogen and oxygen atoms in total. The SMILES string of the molecule is N#CC1=C(S)N(c2ccccc2)C(C=Cc2ccc(-c3ccc(Cl)cc3Cl)o2)NC1=O. The molecule has 0 saturated heterocycles. The van der Waals surface area contributed by atoms with Crippen LogP contribution < -0.4 is 10.2 Å². The lowest BCUT2D eigenvalue weighted by Gasteiger charge is -2.36. The smallest absolute Gasteiger partial charge is 0.266 e. The van der Waals surface area contributed by atoms with Gasteiger partial charge in [0.1, 0.15) is 29.3 Å². The van der Waals surface area contributed by atoms with Crippen LogP contribution in [0.15, 0.2) is 81.8 Å². The summed E-state index contributed by atoms with van der Waals surface area (Å²) in [5, 5.41) is 13.5. The summed E-state index contributed by atoms with van der Waals surface area (Å²) in [7, 11) is 0. The summed E-state index contributed by atoms with van der Waals surface area (Å²) in [5.41, 5.74) is 1.46. The predicted octanol–water partition coefficient (Wildman–Crippen LogP) is 5.89. The number of amides is 1. The van der Waals surface area contributed by atoms with Gasteiger partial charge in [-0.1, -0.05) is 41.4 Å². The molecule has 0 aliphatic carbocycles. The molecule has 1 aliphatic heterocycles. The quantitative estimate of drug-likeness (QED) is 0.469. The molecule has 2 heterocycles. The Morgan fingerprint density at radius 3 is 2.61 bits per heavy atom. The number of hydrogen-bond donors (Lipinski definition) is 2. The highest BCUT2D eigenvalue weighted by Gasteiger charge is 2.31. The van der Waals surface area contributed by atoms with Crippen molar-refractivity contribution >= 4 is 53.5 Å². The molecule has 0 fully saturated rings. The zero-order valence-corrected chi connectivity index (χ0v) is 18.3. The summed E-state index contributed by atoms with van der Waals surface area (Å²) < 4.78 is 5.89. The Morgan fingerprint density at radius 1 is 1.13 bits per heavy atom. The number of carbonyl (C=O) groups is 1. The first-order valence-electron chi connectivity index (χ1n) is 9.20. The van der Waals surface area contributed by atoms with Crippen molar-refractivity contribution in [1.29, 1.82) is 5.26 Å². The molecule has 31 heavy (non-hydrogen) atoms. The van der Waals surface area contributed by atoms with Gasteiger partial charge in [0.2, 0.25) is 0 Å². The van der Waals surface area contributed by atoms with Gasteiger partial charge in [0.15, 0.2) is 0 Å². The van der Waals surface area contributed by atoms with E-state index in [1.165, 1.54) is 0 Å². The molecular formula is C23H15Cl2N3O2S. The molecular weight excluding hydrogens is 453 g/mol. The minimum Gasteiger partial charge on any atom is -0.457 e. The minimum absolute atomic E-state index is 0.0468. The van der Waals surface area contributed by atoms with Crippen molar-refractivity contribution in [3.8, 4) is 17.4 Å². The summed E-state index contributed by atoms with van der Waals surface area (Å²) in [5.74, 6) is 0.678. The maximum Gasteiger partial charge on any atom is 0.266 e. The van der Waals surface area contributed by atoms with E-state index in [4.69, 9.17) is 27.6 Å². The van der Waals surface area contributed by atoms with E-state index in [9.17, 15) is 10.1 Å². The first-order valence-corrected chi connectivity index (χ1v) is 10.4. The molecule has 1 aromatic heterocycles. The van der Waals surface area contributed by atoms with Crippen LogP contribution in [0.4, 0.5) is 5.69 Å². The maximum atomic E-state index is 12.3. The minimum atomic E-state index is -0.563. The van der Waals surface area contributed by atoms with Crippen molar-refractivity contribution in [1.82, 2.24) is 5.32 Å². The van der Waals surface area contributed by atoms with E-state index in [2.05, 4.69) is 17.9 Å². The molecule has 1 amide bonds. The van der Waals surface area contributed by atoms with Gasteiger partial charge in [0.05, 0.1) is 10.1 Å². The standard InChI is InChI=1S/C23H15Cl2N3O2S/c24-14-6-9-17(19(25)12-14)20-10-7-16(30-20)8-11-21-27-22(29)18(13-26)23(31)28(21)15-4-2-1-3-5-15/h1-12,21,31H,(H,27,29). The van der Waals surface area contributed by atoms with Gasteiger partial charge in [-0.3, -0.25) is 4.79 Å². The molecule has 8 heteroatoms. The molecule has 2 aromatic carbocycles. The zero-order valence-electron chi connectivity index (χ0n) is 15.9. The van der Waals surface area contributed by atoms with Crippen LogP contribution in [0.5, 0.6) is 0 Å². The number of para-hydroxylation sites is 1. The maximum absolute atomic E-state index is 12.3. The van der Waals surface area contributed by atoms with Gasteiger partial charge in [-0.05, 0) is 54.6 Å². The molecule has 3 aromatic rings. The first kappa shape index (κ1) is 21.1. The lowest BCUT2D eigenvalue weighted by atomic mass is 10.1. The van der Waals surface area contributed by atoms with Crippen LogP contribution in [0.25, 0.3) is 17.4 Å². The second kappa shape index (κ2) is 8.94. The van der Waals surface area contributed by atoms with Gasteiger partial charge < -0.3 is 14.6 Å². The number of furan rings is 1. The van der Waals surface area contributed by atoms with Crippen molar-refractivity contribution in [3.63, 3.8) is 0 Å². The van der Waals surface area contributed by atoms with Crippen molar-refractivity contribution < 1.29 is 9.21 Å². The van der Waals surface area contributed by atoms with Crippen molar-refractivity contribution in [2.24, 2.45) is 0 Å². The normalized spacial score (nSPS) is 16.5. The Hall–Kier alpha value is -3.11. The number of anilines is 1. The van der Waals surface area contributed by atoms with Crippen LogP contribution >= 0.6 is 35.8 Å². The molecule has 1 N–H and O–H groups in total. The zero-order chi connectivity index (χ0) is 22.0. The third-order valence-corrected chi connectivity index (χ3v) is 5.64. The monoisotopic (exact) mass is 467 g/mol. The van der Waals surface area contributed by atoms with E-state index in [0.717, 1.165) is 11.3 Å². The molecule has 4 rings (SSSR count). The Labute approximate surface area is 194 Å². The van der Waals surface area contributed by atoms with Gasteiger partial charge >= 0.3 is 0 Å². The average molecular weight is 468 g/mol. The average Bonchev–Trinajstić information content (AvgIpc) is 3.21. The number of rotatable bonds is 4. The predicted molar refractivity (Wildman–Crippen MR) is 126 cm³/mol. The highest BCUT2D eigenvalue weighted by Crippen LogP contribution is 2.33. The third-order valence-electron chi connectivity index (χ3n) is 4.65. The number of carbonyl (C=O) groups excluding carboxylic acids is 1. The molecule has 1 aliphatic rings. The van der Waals surface area contributed by atoms with Gasteiger partial charge in [-0.2, -0.15) is 5.26 Å². The molecule has 0 spiro atoms. The van der Waals surface area contributed by atoms with Crippen molar-refractivity contribution in [2.45, 2.75) is 6.17 Å². The van der Waals surface area contributed by atoms with Gasteiger partial charge in [0.25, 0.3) is 5.91 Å². The summed E-state index contributed by atoms with van der Waals surface area (Å²) in [6, 6.07) is 20.1. The topological polar surface area (TPSA) is 69.3 Å². The number of nitrogens with one attached hydrogen (secondary N) is 1. The fraction of sp³-hybridized carbons (Fsp3) is 0.0435. The number of hydrogen-bond acceptors (Lipinski definition) is 5. The summed E-state index contributed by atoms with van der Waals surface area (Å²) >= 11 is 16.7. The fourth-order valence-corrected chi connectivity index (χ4v) is 4.09. The van der Waals surface area contributed by atoms with E-state index in [-0.39, 0.29) is 10.6 Å². The largest absolute Gasteiger partial charge is 0.457 e. The van der Waals surface area contributed by atoms with E-state index in [1.54, 1.807) is 47.4 Å². The Morgan fingerprint density at radius 2 is 1.90 bits per heavy atom. The van der Waals surface area contributed by atoms with Gasteiger partial charge in [-0.15, -0.1) is 12.6 Å².